The zero-order chi connectivity index (χ0) is 18.4. The molecule has 2 rings (SSSR count). The van der Waals surface area contributed by atoms with Crippen molar-refractivity contribution < 1.29 is 4.79 Å². The summed E-state index contributed by atoms with van der Waals surface area (Å²) in [6.07, 6.45) is 3.39. The summed E-state index contributed by atoms with van der Waals surface area (Å²) in [5.74, 6) is 0.874. The first-order valence-electron chi connectivity index (χ1n) is 8.98. The van der Waals surface area contributed by atoms with Gasteiger partial charge in [0.15, 0.2) is 0 Å². The van der Waals surface area contributed by atoms with Crippen LogP contribution < -0.4 is 10.6 Å². The molecule has 4 heteroatoms. The lowest BCUT2D eigenvalue weighted by Crippen LogP contribution is -2.21. The SMILES string of the molecule is CCC(CC)C(=O)Nc1ccc(Nc2ccccc2C(C)(C)C)nc1. The van der Waals surface area contributed by atoms with Crippen LogP contribution in [0.4, 0.5) is 17.2 Å². The van der Waals surface area contributed by atoms with Gasteiger partial charge in [0.1, 0.15) is 5.82 Å². The Morgan fingerprint density at radius 1 is 1.08 bits per heavy atom. The number of rotatable bonds is 6. The van der Waals surface area contributed by atoms with E-state index >= 15 is 0 Å². The molecule has 4 nitrogen and oxygen atoms in total. The van der Waals surface area contributed by atoms with E-state index in [1.165, 1.54) is 5.56 Å². The van der Waals surface area contributed by atoms with E-state index in [2.05, 4.69) is 54.6 Å². The van der Waals surface area contributed by atoms with Crippen molar-refractivity contribution in [2.75, 3.05) is 10.6 Å². The Morgan fingerprint density at radius 3 is 2.32 bits per heavy atom. The molecule has 0 bridgehead atoms. The van der Waals surface area contributed by atoms with Crippen LogP contribution in [0.5, 0.6) is 0 Å². The maximum atomic E-state index is 12.2. The molecule has 0 atom stereocenters. The molecule has 2 N–H and O–H groups in total. The second-order valence-electron chi connectivity index (χ2n) is 7.36. The number of carbonyl (C=O) groups excluding carboxylic acids is 1. The number of aromatic nitrogens is 1. The minimum atomic E-state index is 0.0484. The highest BCUT2D eigenvalue weighted by Crippen LogP contribution is 2.31. The summed E-state index contributed by atoms with van der Waals surface area (Å²) in [5.41, 5.74) is 3.07. The molecule has 25 heavy (non-hydrogen) atoms. The van der Waals surface area contributed by atoms with Gasteiger partial charge in [0.2, 0.25) is 5.91 Å². The summed E-state index contributed by atoms with van der Waals surface area (Å²) >= 11 is 0. The molecule has 0 fully saturated rings. The number of carbonyl (C=O) groups is 1. The molecule has 0 unspecified atom stereocenters. The zero-order valence-corrected chi connectivity index (χ0v) is 15.9. The normalized spacial score (nSPS) is 11.4. The predicted molar refractivity (Wildman–Crippen MR) is 105 cm³/mol. The summed E-state index contributed by atoms with van der Waals surface area (Å²) in [4.78, 5) is 16.6. The van der Waals surface area contributed by atoms with E-state index in [0.29, 0.717) is 0 Å². The molecule has 1 amide bonds. The standard InChI is InChI=1S/C21H29N3O/c1-6-15(7-2)20(25)23-16-12-13-19(22-14-16)24-18-11-9-8-10-17(18)21(3,4)5/h8-15H,6-7H2,1-5H3,(H,22,24)(H,23,25). The lowest BCUT2D eigenvalue weighted by molar-refractivity contribution is -0.120. The Hall–Kier alpha value is -2.36. The molecule has 1 heterocycles. The van der Waals surface area contributed by atoms with E-state index in [9.17, 15) is 4.79 Å². The average molecular weight is 339 g/mol. The minimum absolute atomic E-state index is 0.0484. The summed E-state index contributed by atoms with van der Waals surface area (Å²) in [5, 5.41) is 6.32. The number of nitrogens with one attached hydrogen (secondary N) is 2. The van der Waals surface area contributed by atoms with Crippen molar-refractivity contribution in [3.63, 3.8) is 0 Å². The molecule has 0 radical (unpaired) electrons. The van der Waals surface area contributed by atoms with Gasteiger partial charge in [-0.15, -0.1) is 0 Å². The van der Waals surface area contributed by atoms with Gasteiger partial charge < -0.3 is 10.6 Å². The van der Waals surface area contributed by atoms with Gasteiger partial charge in [-0.3, -0.25) is 4.79 Å². The molecule has 1 aromatic carbocycles. The van der Waals surface area contributed by atoms with Crippen LogP contribution in [0.1, 0.15) is 53.0 Å². The van der Waals surface area contributed by atoms with E-state index < -0.39 is 0 Å². The van der Waals surface area contributed by atoms with Gasteiger partial charge in [0.25, 0.3) is 0 Å². The fraction of sp³-hybridized carbons (Fsp3) is 0.429. The Kier molecular flexibility index (Phi) is 6.18. The van der Waals surface area contributed by atoms with Crippen molar-refractivity contribution in [2.24, 2.45) is 5.92 Å². The van der Waals surface area contributed by atoms with Crippen molar-refractivity contribution in [2.45, 2.75) is 52.9 Å². The summed E-state index contributed by atoms with van der Waals surface area (Å²) in [6.45, 7) is 10.6. The van der Waals surface area contributed by atoms with Gasteiger partial charge in [0, 0.05) is 11.6 Å². The van der Waals surface area contributed by atoms with Gasteiger partial charge >= 0.3 is 0 Å². The average Bonchev–Trinajstić information content (AvgIpc) is 2.57. The maximum Gasteiger partial charge on any atom is 0.227 e. The van der Waals surface area contributed by atoms with Gasteiger partial charge in [-0.05, 0) is 42.0 Å². The number of amides is 1. The van der Waals surface area contributed by atoms with E-state index in [1.54, 1.807) is 6.20 Å². The van der Waals surface area contributed by atoms with Crippen molar-refractivity contribution in [3.8, 4) is 0 Å². The van der Waals surface area contributed by atoms with E-state index in [1.807, 2.05) is 32.0 Å². The van der Waals surface area contributed by atoms with Crippen LogP contribution >= 0.6 is 0 Å². The first kappa shape index (κ1) is 19.0. The van der Waals surface area contributed by atoms with Crippen LogP contribution in [0.2, 0.25) is 0 Å². The molecule has 2 aromatic rings. The van der Waals surface area contributed by atoms with Gasteiger partial charge in [-0.25, -0.2) is 4.98 Å². The topological polar surface area (TPSA) is 54.0 Å². The molecule has 0 aliphatic heterocycles. The second-order valence-corrected chi connectivity index (χ2v) is 7.36. The third-order valence-electron chi connectivity index (χ3n) is 4.39. The van der Waals surface area contributed by atoms with Gasteiger partial charge in [0.05, 0.1) is 11.9 Å². The third kappa shape index (κ3) is 5.05. The Labute approximate surface area is 151 Å². The molecule has 0 aliphatic rings. The lowest BCUT2D eigenvalue weighted by Gasteiger charge is -2.23. The van der Waals surface area contributed by atoms with Crippen LogP contribution in [-0.2, 0) is 10.2 Å². The number of hydrogen-bond donors (Lipinski definition) is 2. The van der Waals surface area contributed by atoms with Crippen LogP contribution in [0.15, 0.2) is 42.6 Å². The molecule has 0 saturated heterocycles. The zero-order valence-electron chi connectivity index (χ0n) is 15.9. The highest BCUT2D eigenvalue weighted by Gasteiger charge is 2.18. The second kappa shape index (κ2) is 8.15. The molecular weight excluding hydrogens is 310 g/mol. The number of hydrogen-bond acceptors (Lipinski definition) is 3. The van der Waals surface area contributed by atoms with E-state index in [-0.39, 0.29) is 17.2 Å². The number of para-hydroxylation sites is 1. The quantitative estimate of drug-likeness (QED) is 0.731. The fourth-order valence-corrected chi connectivity index (χ4v) is 2.83. The predicted octanol–water partition coefficient (Wildman–Crippen LogP) is 5.50. The third-order valence-corrected chi connectivity index (χ3v) is 4.39. The summed E-state index contributed by atoms with van der Waals surface area (Å²) in [6, 6.07) is 12.0. The fourth-order valence-electron chi connectivity index (χ4n) is 2.83. The highest BCUT2D eigenvalue weighted by molar-refractivity contribution is 5.92. The summed E-state index contributed by atoms with van der Waals surface area (Å²) in [7, 11) is 0. The van der Waals surface area contributed by atoms with Crippen molar-refractivity contribution >= 4 is 23.1 Å². The monoisotopic (exact) mass is 339 g/mol. The van der Waals surface area contributed by atoms with Crippen LogP contribution in [0.25, 0.3) is 0 Å². The molecule has 0 saturated carbocycles. The number of pyridine rings is 1. The van der Waals surface area contributed by atoms with Gasteiger partial charge in [-0.1, -0.05) is 52.8 Å². The van der Waals surface area contributed by atoms with Gasteiger partial charge in [-0.2, -0.15) is 0 Å². The molecule has 0 aliphatic carbocycles. The first-order chi connectivity index (χ1) is 11.8. The Morgan fingerprint density at radius 2 is 1.76 bits per heavy atom. The highest BCUT2D eigenvalue weighted by atomic mass is 16.1. The molecule has 134 valence electrons. The summed E-state index contributed by atoms with van der Waals surface area (Å²) < 4.78 is 0. The largest absolute Gasteiger partial charge is 0.340 e. The van der Waals surface area contributed by atoms with E-state index in [4.69, 9.17) is 0 Å². The number of benzene rings is 1. The Balaban J connectivity index is 2.10. The van der Waals surface area contributed by atoms with E-state index in [0.717, 1.165) is 30.0 Å². The minimum Gasteiger partial charge on any atom is -0.340 e. The molecule has 0 spiro atoms. The lowest BCUT2D eigenvalue weighted by atomic mass is 9.86. The van der Waals surface area contributed by atoms with Crippen LogP contribution in [0.3, 0.4) is 0 Å². The first-order valence-corrected chi connectivity index (χ1v) is 8.98. The number of anilines is 3. The maximum absolute atomic E-state index is 12.2. The Bertz CT molecular complexity index is 698. The number of nitrogens with zero attached hydrogens (tertiary/aromatic N) is 1. The van der Waals surface area contributed by atoms with Crippen molar-refractivity contribution in [1.29, 1.82) is 0 Å². The van der Waals surface area contributed by atoms with Crippen molar-refractivity contribution in [1.82, 2.24) is 4.98 Å². The van der Waals surface area contributed by atoms with Crippen LogP contribution in [-0.4, -0.2) is 10.9 Å². The smallest absolute Gasteiger partial charge is 0.227 e. The van der Waals surface area contributed by atoms with Crippen LogP contribution in [0, 0.1) is 5.92 Å². The molecular formula is C21H29N3O. The molecule has 1 aromatic heterocycles. The van der Waals surface area contributed by atoms with Crippen molar-refractivity contribution in [3.05, 3.63) is 48.2 Å².